The number of rotatable bonds is 3. The van der Waals surface area contributed by atoms with Gasteiger partial charge in [-0.05, 0) is 18.9 Å². The second-order valence-electron chi connectivity index (χ2n) is 7.60. The van der Waals surface area contributed by atoms with Gasteiger partial charge >= 0.3 is 0 Å². The highest BCUT2D eigenvalue weighted by atomic mass is 16.5. The van der Waals surface area contributed by atoms with E-state index in [4.69, 9.17) is 4.74 Å². The van der Waals surface area contributed by atoms with E-state index in [0.29, 0.717) is 18.2 Å². The zero-order valence-electron chi connectivity index (χ0n) is 15.8. The first kappa shape index (κ1) is 17.3. The Hall–Kier alpha value is -2.77. The lowest BCUT2D eigenvalue weighted by Gasteiger charge is -2.35. The van der Waals surface area contributed by atoms with Gasteiger partial charge in [0.2, 0.25) is 0 Å². The molecule has 0 bridgehead atoms. The van der Waals surface area contributed by atoms with Gasteiger partial charge in [0.25, 0.3) is 5.91 Å². The number of carbonyl (C=O) groups is 1. The molecule has 0 aliphatic carbocycles. The number of aryl methyl sites for hydroxylation is 1. The van der Waals surface area contributed by atoms with Gasteiger partial charge in [-0.3, -0.25) is 9.69 Å². The first-order chi connectivity index (χ1) is 13.7. The third kappa shape index (κ3) is 3.06. The van der Waals surface area contributed by atoms with E-state index in [2.05, 4.69) is 32.4 Å². The van der Waals surface area contributed by atoms with Crippen LogP contribution in [0.25, 0.3) is 5.65 Å². The van der Waals surface area contributed by atoms with Crippen LogP contribution in [0.4, 0.5) is 0 Å². The summed E-state index contributed by atoms with van der Waals surface area (Å²) in [4.78, 5) is 19.6. The molecule has 3 atom stereocenters. The molecule has 7 nitrogen and oxygen atoms in total. The van der Waals surface area contributed by atoms with Crippen molar-refractivity contribution in [2.45, 2.75) is 31.5 Å². The summed E-state index contributed by atoms with van der Waals surface area (Å²) in [6.07, 6.45) is 4.33. The Morgan fingerprint density at radius 3 is 2.93 bits per heavy atom. The van der Waals surface area contributed by atoms with Gasteiger partial charge in [-0.2, -0.15) is 5.10 Å². The molecule has 28 heavy (non-hydrogen) atoms. The first-order valence-corrected chi connectivity index (χ1v) is 9.70. The molecule has 144 valence electrons. The van der Waals surface area contributed by atoms with Crippen LogP contribution in [-0.4, -0.2) is 57.2 Å². The van der Waals surface area contributed by atoms with E-state index in [1.165, 1.54) is 5.56 Å². The third-order valence-corrected chi connectivity index (χ3v) is 5.83. The molecule has 2 aliphatic rings. The summed E-state index contributed by atoms with van der Waals surface area (Å²) in [5.74, 6) is -0.0900. The van der Waals surface area contributed by atoms with Gasteiger partial charge in [-0.15, -0.1) is 0 Å². The van der Waals surface area contributed by atoms with Gasteiger partial charge < -0.3 is 10.1 Å². The average Bonchev–Trinajstić information content (AvgIpc) is 3.35. The summed E-state index contributed by atoms with van der Waals surface area (Å²) in [5, 5.41) is 7.43. The minimum absolute atomic E-state index is 0.0900. The highest BCUT2D eigenvalue weighted by Crippen LogP contribution is 2.30. The maximum Gasteiger partial charge on any atom is 0.254 e. The molecule has 1 aromatic carbocycles. The van der Waals surface area contributed by atoms with E-state index < -0.39 is 0 Å². The number of amides is 1. The Labute approximate surface area is 163 Å². The minimum atomic E-state index is -0.0900. The molecule has 2 saturated heterocycles. The second-order valence-corrected chi connectivity index (χ2v) is 7.60. The Kier molecular flexibility index (Phi) is 4.33. The molecule has 2 aliphatic heterocycles. The minimum Gasteiger partial charge on any atom is -0.371 e. The highest BCUT2D eigenvalue weighted by molar-refractivity contribution is 5.95. The van der Waals surface area contributed by atoms with E-state index in [-0.39, 0.29) is 18.1 Å². The molecule has 1 N–H and O–H groups in total. The topological polar surface area (TPSA) is 71.8 Å². The summed E-state index contributed by atoms with van der Waals surface area (Å²) >= 11 is 0. The van der Waals surface area contributed by atoms with Crippen LogP contribution in [0.1, 0.15) is 34.1 Å². The van der Waals surface area contributed by atoms with E-state index in [1.54, 1.807) is 16.9 Å². The average molecular weight is 377 g/mol. The van der Waals surface area contributed by atoms with Gasteiger partial charge in [0.05, 0.1) is 30.2 Å². The number of carbonyl (C=O) groups excluding carboxylic acids is 1. The molecular formula is C21H23N5O2. The fraction of sp³-hybridized carbons (Fsp3) is 0.381. The number of aromatic nitrogens is 3. The van der Waals surface area contributed by atoms with Crippen LogP contribution in [0.3, 0.4) is 0 Å². The van der Waals surface area contributed by atoms with Crippen LogP contribution in [0, 0.1) is 6.92 Å². The SMILES string of the molecule is Cc1c(C(=O)N[C@@H]2C[C@H]3CO[C@@H](c4ccccc4)CN3C2)cnc2ccnn12. The molecule has 0 unspecified atom stereocenters. The summed E-state index contributed by atoms with van der Waals surface area (Å²) in [5.41, 5.74) is 3.33. The third-order valence-electron chi connectivity index (χ3n) is 5.83. The van der Waals surface area contributed by atoms with Crippen molar-refractivity contribution in [2.24, 2.45) is 0 Å². The lowest BCUT2D eigenvalue weighted by atomic mass is 10.1. The van der Waals surface area contributed by atoms with Crippen molar-refractivity contribution < 1.29 is 9.53 Å². The predicted molar refractivity (Wildman–Crippen MR) is 104 cm³/mol. The number of fused-ring (bicyclic) bond motifs is 2. The van der Waals surface area contributed by atoms with Crippen molar-refractivity contribution in [2.75, 3.05) is 19.7 Å². The van der Waals surface area contributed by atoms with Crippen molar-refractivity contribution in [1.82, 2.24) is 24.8 Å². The molecule has 1 amide bonds. The fourth-order valence-electron chi connectivity index (χ4n) is 4.32. The number of nitrogens with one attached hydrogen (secondary N) is 1. The van der Waals surface area contributed by atoms with Gasteiger partial charge in [0, 0.05) is 37.4 Å². The Morgan fingerprint density at radius 2 is 2.07 bits per heavy atom. The quantitative estimate of drug-likeness (QED) is 0.756. The zero-order chi connectivity index (χ0) is 19.1. The maximum atomic E-state index is 12.8. The lowest BCUT2D eigenvalue weighted by Crippen LogP contribution is -2.43. The molecule has 7 heteroatoms. The molecule has 3 aromatic rings. The Bertz CT molecular complexity index is 1000. The largest absolute Gasteiger partial charge is 0.371 e. The molecular weight excluding hydrogens is 354 g/mol. The van der Waals surface area contributed by atoms with Crippen LogP contribution in [0.5, 0.6) is 0 Å². The van der Waals surface area contributed by atoms with Crippen molar-refractivity contribution in [3.8, 4) is 0 Å². The summed E-state index contributed by atoms with van der Waals surface area (Å²) in [6.45, 7) is 4.30. The van der Waals surface area contributed by atoms with Crippen LogP contribution in [0.2, 0.25) is 0 Å². The summed E-state index contributed by atoms with van der Waals surface area (Å²) in [6, 6.07) is 12.6. The number of morpholine rings is 1. The number of benzene rings is 1. The van der Waals surface area contributed by atoms with E-state index in [0.717, 1.165) is 30.9 Å². The molecule has 0 saturated carbocycles. The van der Waals surface area contributed by atoms with Crippen molar-refractivity contribution >= 4 is 11.6 Å². The molecule has 0 spiro atoms. The van der Waals surface area contributed by atoms with Crippen LogP contribution in [-0.2, 0) is 4.74 Å². The molecule has 0 radical (unpaired) electrons. The zero-order valence-corrected chi connectivity index (χ0v) is 15.8. The van der Waals surface area contributed by atoms with Crippen LogP contribution >= 0.6 is 0 Å². The number of hydrogen-bond acceptors (Lipinski definition) is 5. The lowest BCUT2D eigenvalue weighted by molar-refractivity contribution is -0.0502. The number of ether oxygens (including phenoxy) is 1. The molecule has 5 rings (SSSR count). The predicted octanol–water partition coefficient (Wildman–Crippen LogP) is 1.98. The van der Waals surface area contributed by atoms with Crippen molar-refractivity contribution in [1.29, 1.82) is 0 Å². The normalized spacial score (nSPS) is 25.0. The smallest absolute Gasteiger partial charge is 0.254 e. The van der Waals surface area contributed by atoms with Gasteiger partial charge in [-0.1, -0.05) is 30.3 Å². The summed E-state index contributed by atoms with van der Waals surface area (Å²) in [7, 11) is 0. The van der Waals surface area contributed by atoms with Crippen molar-refractivity contribution in [3.05, 3.63) is 65.6 Å². The Morgan fingerprint density at radius 1 is 1.21 bits per heavy atom. The van der Waals surface area contributed by atoms with Gasteiger partial charge in [0.1, 0.15) is 0 Å². The van der Waals surface area contributed by atoms with Crippen molar-refractivity contribution in [3.63, 3.8) is 0 Å². The first-order valence-electron chi connectivity index (χ1n) is 9.70. The second kappa shape index (κ2) is 7.00. The maximum absolute atomic E-state index is 12.8. The standard InChI is InChI=1S/C21H23N5O2/c1-14-18(10-22-20-7-8-23-26(14)20)21(27)24-16-9-17-13-28-19(12-25(17)11-16)15-5-3-2-4-6-15/h2-8,10,16-17,19H,9,11-13H2,1H3,(H,24,27)/t16-,17+,19-/m1/s1. The van der Waals surface area contributed by atoms with Crippen LogP contribution in [0.15, 0.2) is 48.8 Å². The van der Waals surface area contributed by atoms with Crippen LogP contribution < -0.4 is 5.32 Å². The van der Waals surface area contributed by atoms with E-state index in [9.17, 15) is 4.79 Å². The molecule has 2 fully saturated rings. The van der Waals surface area contributed by atoms with Gasteiger partial charge in [0.15, 0.2) is 5.65 Å². The Balaban J connectivity index is 1.26. The molecule has 2 aromatic heterocycles. The van der Waals surface area contributed by atoms with Gasteiger partial charge in [-0.25, -0.2) is 9.50 Å². The molecule has 4 heterocycles. The van der Waals surface area contributed by atoms with E-state index >= 15 is 0 Å². The number of nitrogens with zero attached hydrogens (tertiary/aromatic N) is 4. The highest BCUT2D eigenvalue weighted by Gasteiger charge is 2.38. The monoisotopic (exact) mass is 377 g/mol. The van der Waals surface area contributed by atoms with E-state index in [1.807, 2.05) is 31.2 Å². The fourth-order valence-corrected chi connectivity index (χ4v) is 4.32. The summed E-state index contributed by atoms with van der Waals surface area (Å²) < 4.78 is 7.80. The number of hydrogen-bond donors (Lipinski definition) is 1.